The lowest BCUT2D eigenvalue weighted by atomic mass is 10.1. The van der Waals surface area contributed by atoms with Gasteiger partial charge in [-0.3, -0.25) is 4.79 Å². The number of benzene rings is 1. The molecule has 0 saturated heterocycles. The topological polar surface area (TPSA) is 95.7 Å². The van der Waals surface area contributed by atoms with Crippen molar-refractivity contribution in [3.05, 3.63) is 46.5 Å². The van der Waals surface area contributed by atoms with Crippen LogP contribution >= 0.6 is 11.6 Å². The molecular weight excluding hydrogens is 318 g/mol. The number of rotatable bonds is 4. The van der Waals surface area contributed by atoms with Crippen molar-refractivity contribution in [3.63, 3.8) is 0 Å². The second-order valence-electron chi connectivity index (χ2n) is 4.59. The van der Waals surface area contributed by atoms with Crippen LogP contribution in [0.1, 0.15) is 26.9 Å². The number of carbonyl (C=O) groups is 1. The maximum Gasteiger partial charge on any atom is 0.311 e. The van der Waals surface area contributed by atoms with Crippen LogP contribution in [0, 0.1) is 0 Å². The molecule has 1 aliphatic rings. The van der Waals surface area contributed by atoms with Crippen molar-refractivity contribution in [1.82, 2.24) is 0 Å². The van der Waals surface area contributed by atoms with Gasteiger partial charge in [-0.15, -0.1) is 0 Å². The van der Waals surface area contributed by atoms with Gasteiger partial charge in [0.1, 0.15) is 0 Å². The molecule has 0 amide bonds. The maximum absolute atomic E-state index is 12.4. The Morgan fingerprint density at radius 3 is 2.48 bits per heavy atom. The minimum Gasteiger partial charge on any atom is -0.460 e. The minimum absolute atomic E-state index is 0.158. The average molecular weight is 333 g/mol. The molecule has 1 aliphatic heterocycles. The number of Topliss-reactive ketones (excluding diaryl/α,β-unsaturated/α-hetero) is 1. The summed E-state index contributed by atoms with van der Waals surface area (Å²) in [6.07, 6.45) is -2.20. The Bertz CT molecular complexity index is 744. The van der Waals surface area contributed by atoms with Crippen LogP contribution in [-0.4, -0.2) is 19.5 Å². The van der Waals surface area contributed by atoms with Gasteiger partial charge in [0.25, 0.3) is 0 Å². The van der Waals surface area contributed by atoms with E-state index < -0.39 is 38.9 Å². The first-order valence-electron chi connectivity index (χ1n) is 6.51. The van der Waals surface area contributed by atoms with Crippen LogP contribution in [0.4, 0.5) is 0 Å². The van der Waals surface area contributed by atoms with Gasteiger partial charge in [-0.05, 0) is 26.0 Å². The van der Waals surface area contributed by atoms with E-state index >= 15 is 0 Å². The molecule has 0 bridgehead atoms. The van der Waals surface area contributed by atoms with E-state index in [0.29, 0.717) is 5.02 Å². The van der Waals surface area contributed by atoms with Gasteiger partial charge < -0.3 is 14.7 Å². The number of carbonyl (C=O) groups excluding carboxylic acids is 1. The molecule has 1 aromatic rings. The fourth-order valence-corrected chi connectivity index (χ4v) is 2.21. The molecule has 0 spiro atoms. The molecule has 8 heteroatoms. The standard InChI is InChI=1S/C13H14ClNO5S/c1-7(2)21(17,18)20-12-10(16)11(19-13(12)15)8-3-5-9(14)6-4-8/h3-7,11H,15H2,1-2H3/t11-/m1/s1/i11D. The molecule has 1 heterocycles. The van der Waals surface area contributed by atoms with E-state index in [1.807, 2.05) is 0 Å². The third-order valence-electron chi connectivity index (χ3n) is 2.73. The zero-order chi connectivity index (χ0) is 16.7. The summed E-state index contributed by atoms with van der Waals surface area (Å²) >= 11 is 5.75. The molecule has 0 unspecified atom stereocenters. The molecule has 0 radical (unpaired) electrons. The van der Waals surface area contributed by atoms with Crippen molar-refractivity contribution in [2.75, 3.05) is 0 Å². The summed E-state index contributed by atoms with van der Waals surface area (Å²) in [7, 11) is -4.03. The third kappa shape index (κ3) is 3.14. The Morgan fingerprint density at radius 1 is 1.38 bits per heavy atom. The third-order valence-corrected chi connectivity index (χ3v) is 4.54. The zero-order valence-electron chi connectivity index (χ0n) is 12.3. The van der Waals surface area contributed by atoms with Crippen LogP contribution < -0.4 is 5.73 Å². The smallest absolute Gasteiger partial charge is 0.311 e. The van der Waals surface area contributed by atoms with Gasteiger partial charge in [-0.1, -0.05) is 23.7 Å². The number of halogens is 1. The monoisotopic (exact) mass is 332 g/mol. The number of nitrogens with two attached hydrogens (primary N) is 1. The highest BCUT2D eigenvalue weighted by Gasteiger charge is 2.39. The first kappa shape index (κ1) is 14.2. The first-order chi connectivity index (χ1) is 10.1. The van der Waals surface area contributed by atoms with Gasteiger partial charge in [0.15, 0.2) is 6.08 Å². The summed E-state index contributed by atoms with van der Waals surface area (Å²) in [5, 5.41) is -0.463. The molecule has 0 saturated carbocycles. The fraction of sp³-hybridized carbons (Fsp3) is 0.308. The molecule has 2 rings (SSSR count). The van der Waals surface area contributed by atoms with Gasteiger partial charge in [-0.2, -0.15) is 8.42 Å². The van der Waals surface area contributed by atoms with Crippen LogP contribution in [0.2, 0.25) is 5.02 Å². The summed E-state index contributed by atoms with van der Waals surface area (Å²) in [6.45, 7) is 2.78. The number of hydrogen-bond donors (Lipinski definition) is 1. The summed E-state index contributed by atoms with van der Waals surface area (Å²) in [5.41, 5.74) is 5.68. The quantitative estimate of drug-likeness (QED) is 0.845. The predicted octanol–water partition coefficient (Wildman–Crippen LogP) is 1.86. The van der Waals surface area contributed by atoms with Gasteiger partial charge in [-0.25, -0.2) is 0 Å². The number of ketones is 1. The predicted molar refractivity (Wildman–Crippen MR) is 76.6 cm³/mol. The second kappa shape index (κ2) is 5.57. The molecule has 6 nitrogen and oxygen atoms in total. The average Bonchev–Trinajstić information content (AvgIpc) is 2.63. The van der Waals surface area contributed by atoms with E-state index in [-0.39, 0.29) is 5.56 Å². The molecular formula is C13H14ClNO5S. The zero-order valence-corrected chi connectivity index (χ0v) is 12.9. The summed E-state index contributed by atoms with van der Waals surface area (Å²) < 4.78 is 41.5. The van der Waals surface area contributed by atoms with Gasteiger partial charge in [0.2, 0.25) is 17.4 Å². The van der Waals surface area contributed by atoms with Gasteiger partial charge in [0, 0.05) is 10.6 Å². The molecule has 2 N–H and O–H groups in total. The van der Waals surface area contributed by atoms with E-state index in [1.165, 1.54) is 38.1 Å². The van der Waals surface area contributed by atoms with Crippen molar-refractivity contribution in [2.45, 2.75) is 25.2 Å². The van der Waals surface area contributed by atoms with E-state index in [2.05, 4.69) is 0 Å². The van der Waals surface area contributed by atoms with Gasteiger partial charge >= 0.3 is 10.1 Å². The normalized spacial score (nSPS) is 23.2. The first-order valence-corrected chi connectivity index (χ1v) is 7.86. The Hall–Kier alpha value is -1.73. The summed E-state index contributed by atoms with van der Waals surface area (Å²) in [4.78, 5) is 12.4. The van der Waals surface area contributed by atoms with Gasteiger partial charge in [0.05, 0.1) is 6.62 Å². The molecule has 0 aromatic heterocycles. The van der Waals surface area contributed by atoms with Crippen LogP contribution in [0.3, 0.4) is 0 Å². The highest BCUT2D eigenvalue weighted by Crippen LogP contribution is 2.33. The molecule has 1 aromatic carbocycles. The summed E-state index contributed by atoms with van der Waals surface area (Å²) in [5.74, 6) is -2.21. The lowest BCUT2D eigenvalue weighted by molar-refractivity contribution is -0.123. The Labute approximate surface area is 129 Å². The molecule has 1 atom stereocenters. The van der Waals surface area contributed by atoms with Crippen LogP contribution in [0.5, 0.6) is 0 Å². The lowest BCUT2D eigenvalue weighted by Crippen LogP contribution is -2.21. The van der Waals surface area contributed by atoms with Crippen molar-refractivity contribution in [3.8, 4) is 0 Å². The fourth-order valence-electron chi connectivity index (χ4n) is 1.50. The number of ether oxygens (including phenoxy) is 1. The van der Waals surface area contributed by atoms with Crippen molar-refractivity contribution >= 4 is 27.5 Å². The van der Waals surface area contributed by atoms with Crippen LogP contribution in [0.25, 0.3) is 0 Å². The molecule has 114 valence electrons. The molecule has 0 fully saturated rings. The Morgan fingerprint density at radius 2 is 1.95 bits per heavy atom. The van der Waals surface area contributed by atoms with E-state index in [1.54, 1.807) is 0 Å². The lowest BCUT2D eigenvalue weighted by Gasteiger charge is -2.10. The summed E-state index contributed by atoms with van der Waals surface area (Å²) in [6, 6.07) is 5.79. The second-order valence-corrected chi connectivity index (χ2v) is 7.12. The Balaban J connectivity index is 2.36. The van der Waals surface area contributed by atoms with E-state index in [9.17, 15) is 13.2 Å². The molecule has 0 aliphatic carbocycles. The van der Waals surface area contributed by atoms with Crippen molar-refractivity contribution in [2.24, 2.45) is 5.73 Å². The van der Waals surface area contributed by atoms with Crippen molar-refractivity contribution < 1.29 is 23.5 Å². The SMILES string of the molecule is [2H][C@]1(c2ccc(Cl)cc2)OC(N)=C(OS(=O)(=O)C(C)C)C1=O. The van der Waals surface area contributed by atoms with E-state index in [0.717, 1.165) is 0 Å². The minimum atomic E-state index is -4.03. The Kier molecular flexibility index (Phi) is 3.77. The van der Waals surface area contributed by atoms with Crippen LogP contribution in [-0.2, 0) is 23.8 Å². The van der Waals surface area contributed by atoms with Crippen LogP contribution in [0.15, 0.2) is 35.9 Å². The largest absolute Gasteiger partial charge is 0.460 e. The molecule has 21 heavy (non-hydrogen) atoms. The van der Waals surface area contributed by atoms with E-state index in [4.69, 9.17) is 27.6 Å². The highest BCUT2D eigenvalue weighted by atomic mass is 35.5. The van der Waals surface area contributed by atoms with Crippen molar-refractivity contribution in [1.29, 1.82) is 0 Å². The highest BCUT2D eigenvalue weighted by molar-refractivity contribution is 7.87. The number of hydrogen-bond acceptors (Lipinski definition) is 6. The maximum atomic E-state index is 12.4.